The Bertz CT molecular complexity index is 1030. The first-order valence-electron chi connectivity index (χ1n) is 10.5. The van der Waals surface area contributed by atoms with Crippen LogP contribution >= 0.6 is 0 Å². The standard InChI is InChI=1S/C25H28N2O/c28-17-18-8-9-24-20(15-26-25(24)13-18)6-3-4-11-27-12-10-23-21(16-27)14-19-5-1-2-7-22(19)23/h1-2,5,7-9,13,15,26,28H,3-4,6,10-12,14,16-17H2. The summed E-state index contributed by atoms with van der Waals surface area (Å²) in [5.41, 5.74) is 9.83. The number of hydrogen-bond donors (Lipinski definition) is 2. The Labute approximate surface area is 166 Å². The van der Waals surface area contributed by atoms with E-state index in [0.717, 1.165) is 30.5 Å². The number of aryl methyl sites for hydroxylation is 1. The van der Waals surface area contributed by atoms with Crippen LogP contribution in [0.15, 0.2) is 54.2 Å². The zero-order chi connectivity index (χ0) is 18.9. The second-order valence-electron chi connectivity index (χ2n) is 8.25. The topological polar surface area (TPSA) is 39.3 Å². The molecule has 1 aliphatic carbocycles. The molecular weight excluding hydrogens is 344 g/mol. The molecule has 2 aliphatic rings. The molecule has 0 spiro atoms. The van der Waals surface area contributed by atoms with Crippen molar-refractivity contribution in [1.29, 1.82) is 0 Å². The van der Waals surface area contributed by atoms with E-state index >= 15 is 0 Å². The van der Waals surface area contributed by atoms with Crippen LogP contribution in [0, 0.1) is 0 Å². The molecule has 0 unspecified atom stereocenters. The molecular formula is C25H28N2O. The highest BCUT2D eigenvalue weighted by Crippen LogP contribution is 2.37. The molecule has 2 aromatic carbocycles. The van der Waals surface area contributed by atoms with Crippen molar-refractivity contribution in [2.75, 3.05) is 19.6 Å². The molecule has 0 saturated heterocycles. The van der Waals surface area contributed by atoms with Crippen molar-refractivity contribution in [3.63, 3.8) is 0 Å². The number of benzene rings is 2. The van der Waals surface area contributed by atoms with Crippen molar-refractivity contribution in [1.82, 2.24) is 9.88 Å². The Kier molecular flexibility index (Phi) is 4.79. The SMILES string of the molecule is OCc1ccc2c(CCCCN3CCC4=C(Cc5ccccc54)C3)c[nH]c2c1. The van der Waals surface area contributed by atoms with Crippen molar-refractivity contribution in [2.45, 2.75) is 38.7 Å². The van der Waals surface area contributed by atoms with Gasteiger partial charge >= 0.3 is 0 Å². The average molecular weight is 373 g/mol. The molecule has 3 heteroatoms. The highest BCUT2D eigenvalue weighted by Gasteiger charge is 2.26. The van der Waals surface area contributed by atoms with E-state index in [9.17, 15) is 5.11 Å². The maximum absolute atomic E-state index is 9.29. The van der Waals surface area contributed by atoms with Gasteiger partial charge in [-0.15, -0.1) is 0 Å². The van der Waals surface area contributed by atoms with Gasteiger partial charge < -0.3 is 10.1 Å². The number of unbranched alkanes of at least 4 members (excludes halogenated alkanes) is 1. The summed E-state index contributed by atoms with van der Waals surface area (Å²) in [6, 6.07) is 15.2. The number of aromatic amines is 1. The van der Waals surface area contributed by atoms with Crippen LogP contribution in [0.25, 0.3) is 16.5 Å². The maximum Gasteiger partial charge on any atom is 0.0682 e. The highest BCUT2D eigenvalue weighted by molar-refractivity contribution is 5.83. The molecule has 0 atom stereocenters. The molecule has 0 amide bonds. The van der Waals surface area contributed by atoms with Gasteiger partial charge in [0.25, 0.3) is 0 Å². The largest absolute Gasteiger partial charge is 0.392 e. The molecule has 3 aromatic rings. The Morgan fingerprint density at radius 1 is 1.07 bits per heavy atom. The fourth-order valence-corrected chi connectivity index (χ4v) is 4.96. The molecule has 3 nitrogen and oxygen atoms in total. The van der Waals surface area contributed by atoms with E-state index in [4.69, 9.17) is 0 Å². The summed E-state index contributed by atoms with van der Waals surface area (Å²) in [6.45, 7) is 3.65. The quantitative estimate of drug-likeness (QED) is 0.616. The van der Waals surface area contributed by atoms with Crippen LogP contribution in [0.4, 0.5) is 0 Å². The highest BCUT2D eigenvalue weighted by atomic mass is 16.3. The van der Waals surface area contributed by atoms with Crippen molar-refractivity contribution in [3.05, 3.63) is 76.5 Å². The molecule has 2 N–H and O–H groups in total. The number of aliphatic hydroxyl groups is 1. The van der Waals surface area contributed by atoms with Crippen LogP contribution in [-0.4, -0.2) is 34.6 Å². The van der Waals surface area contributed by atoms with Gasteiger partial charge in [0.15, 0.2) is 0 Å². The predicted octanol–water partition coefficient (Wildman–Crippen LogP) is 4.70. The van der Waals surface area contributed by atoms with Gasteiger partial charge in [-0.25, -0.2) is 0 Å². The summed E-state index contributed by atoms with van der Waals surface area (Å²) in [6.07, 6.45) is 8.09. The van der Waals surface area contributed by atoms with Gasteiger partial charge in [-0.1, -0.05) is 36.4 Å². The summed E-state index contributed by atoms with van der Waals surface area (Å²) in [5.74, 6) is 0. The molecule has 5 rings (SSSR count). The molecule has 144 valence electrons. The maximum atomic E-state index is 9.29. The summed E-state index contributed by atoms with van der Waals surface area (Å²) < 4.78 is 0. The zero-order valence-electron chi connectivity index (χ0n) is 16.4. The first-order valence-corrected chi connectivity index (χ1v) is 10.5. The van der Waals surface area contributed by atoms with E-state index in [1.165, 1.54) is 54.4 Å². The lowest BCUT2D eigenvalue weighted by molar-refractivity contribution is 0.282. The van der Waals surface area contributed by atoms with E-state index in [2.05, 4.69) is 52.5 Å². The smallest absolute Gasteiger partial charge is 0.0682 e. The van der Waals surface area contributed by atoms with Gasteiger partial charge in [-0.2, -0.15) is 0 Å². The Balaban J connectivity index is 1.14. The fourth-order valence-electron chi connectivity index (χ4n) is 4.96. The van der Waals surface area contributed by atoms with E-state index in [0.29, 0.717) is 0 Å². The van der Waals surface area contributed by atoms with Gasteiger partial charge in [0.2, 0.25) is 0 Å². The fraction of sp³-hybridized carbons (Fsp3) is 0.360. The summed E-state index contributed by atoms with van der Waals surface area (Å²) in [4.78, 5) is 6.01. The van der Waals surface area contributed by atoms with Gasteiger partial charge in [0, 0.05) is 30.2 Å². The minimum Gasteiger partial charge on any atom is -0.392 e. The molecule has 0 saturated carbocycles. The van der Waals surface area contributed by atoms with Gasteiger partial charge in [0.1, 0.15) is 0 Å². The van der Waals surface area contributed by atoms with Crippen molar-refractivity contribution in [3.8, 4) is 0 Å². The predicted molar refractivity (Wildman–Crippen MR) is 115 cm³/mol. The second-order valence-corrected chi connectivity index (χ2v) is 8.25. The summed E-state index contributed by atoms with van der Waals surface area (Å²) in [5, 5.41) is 10.6. The van der Waals surface area contributed by atoms with Crippen molar-refractivity contribution < 1.29 is 5.11 Å². The van der Waals surface area contributed by atoms with Crippen molar-refractivity contribution >= 4 is 16.5 Å². The molecule has 1 aliphatic heterocycles. The van der Waals surface area contributed by atoms with Gasteiger partial charge in [-0.05, 0) is 78.1 Å². The Morgan fingerprint density at radius 3 is 2.93 bits per heavy atom. The molecule has 0 bridgehead atoms. The number of aromatic nitrogens is 1. The first-order chi connectivity index (χ1) is 13.8. The van der Waals surface area contributed by atoms with E-state index in [1.54, 1.807) is 11.1 Å². The van der Waals surface area contributed by atoms with Crippen LogP contribution < -0.4 is 0 Å². The van der Waals surface area contributed by atoms with Crippen LogP contribution in [-0.2, 0) is 19.4 Å². The van der Waals surface area contributed by atoms with Crippen molar-refractivity contribution in [2.24, 2.45) is 0 Å². The second kappa shape index (κ2) is 7.57. The monoisotopic (exact) mass is 372 g/mol. The average Bonchev–Trinajstić information content (AvgIpc) is 3.31. The number of rotatable bonds is 6. The van der Waals surface area contributed by atoms with E-state index < -0.39 is 0 Å². The Hall–Kier alpha value is -2.36. The minimum atomic E-state index is 0.101. The lowest BCUT2D eigenvalue weighted by atomic mass is 9.99. The zero-order valence-corrected chi connectivity index (χ0v) is 16.4. The summed E-state index contributed by atoms with van der Waals surface area (Å²) in [7, 11) is 0. The van der Waals surface area contributed by atoms with E-state index in [-0.39, 0.29) is 6.61 Å². The number of hydrogen-bond acceptors (Lipinski definition) is 2. The number of H-pyrrole nitrogens is 1. The molecule has 0 fully saturated rings. The summed E-state index contributed by atoms with van der Waals surface area (Å²) >= 11 is 0. The molecule has 0 radical (unpaired) electrons. The Morgan fingerprint density at radius 2 is 2.00 bits per heavy atom. The van der Waals surface area contributed by atoms with Crippen LogP contribution in [0.2, 0.25) is 0 Å². The van der Waals surface area contributed by atoms with Gasteiger partial charge in [-0.3, -0.25) is 4.90 Å². The van der Waals surface area contributed by atoms with Crippen LogP contribution in [0.5, 0.6) is 0 Å². The third kappa shape index (κ3) is 3.30. The minimum absolute atomic E-state index is 0.101. The first kappa shape index (κ1) is 17.7. The van der Waals surface area contributed by atoms with Crippen LogP contribution in [0.3, 0.4) is 0 Å². The lowest BCUT2D eigenvalue weighted by Crippen LogP contribution is -2.31. The third-order valence-corrected chi connectivity index (χ3v) is 6.45. The number of nitrogens with one attached hydrogen (secondary N) is 1. The molecule has 2 heterocycles. The van der Waals surface area contributed by atoms with Gasteiger partial charge in [0.05, 0.1) is 6.61 Å². The van der Waals surface area contributed by atoms with Crippen LogP contribution in [0.1, 0.15) is 41.5 Å². The normalized spacial score (nSPS) is 16.6. The van der Waals surface area contributed by atoms with E-state index in [1.807, 2.05) is 6.07 Å². The number of aliphatic hydroxyl groups excluding tert-OH is 1. The number of nitrogens with zero attached hydrogens (tertiary/aromatic N) is 1. The molecule has 28 heavy (non-hydrogen) atoms. The lowest BCUT2D eigenvalue weighted by Gasteiger charge is -2.28. The number of fused-ring (bicyclic) bond motifs is 3. The molecule has 1 aromatic heterocycles. The third-order valence-electron chi connectivity index (χ3n) is 6.45.